The largest absolute Gasteiger partial charge is 0.360 e. The summed E-state index contributed by atoms with van der Waals surface area (Å²) in [6.45, 7) is 3.41. The van der Waals surface area contributed by atoms with E-state index in [1.807, 2.05) is 6.92 Å². The molecule has 6 nitrogen and oxygen atoms in total. The summed E-state index contributed by atoms with van der Waals surface area (Å²) in [4.78, 5) is 27.6. The molecule has 0 radical (unpaired) electrons. The Bertz CT molecular complexity index is 932. The molecule has 0 bridgehead atoms. The van der Waals surface area contributed by atoms with Gasteiger partial charge in [0.1, 0.15) is 5.82 Å². The molecule has 1 aromatic carbocycles. The van der Waals surface area contributed by atoms with Crippen molar-refractivity contribution in [3.05, 3.63) is 47.0 Å². The van der Waals surface area contributed by atoms with Gasteiger partial charge in [-0.25, -0.2) is 4.39 Å². The first kappa shape index (κ1) is 19.1. The highest BCUT2D eigenvalue weighted by molar-refractivity contribution is 6.34. The summed E-state index contributed by atoms with van der Waals surface area (Å²) in [5, 5.41) is 8.84. The zero-order chi connectivity index (χ0) is 18.3. The van der Waals surface area contributed by atoms with Gasteiger partial charge in [-0.3, -0.25) is 9.59 Å². The molecule has 1 aromatic heterocycles. The van der Waals surface area contributed by atoms with E-state index in [0.29, 0.717) is 34.8 Å². The van der Waals surface area contributed by atoms with E-state index in [9.17, 15) is 14.0 Å². The minimum atomic E-state index is -0.396. The zero-order valence-electron chi connectivity index (χ0n) is 14.7. The lowest BCUT2D eigenvalue weighted by molar-refractivity contribution is -0.119. The molecule has 0 saturated carbocycles. The van der Waals surface area contributed by atoms with Crippen molar-refractivity contribution in [1.82, 2.24) is 10.3 Å². The maximum atomic E-state index is 13.5. The summed E-state index contributed by atoms with van der Waals surface area (Å²) >= 11 is 0. The number of hydrogen-bond donors (Lipinski definition) is 4. The first-order chi connectivity index (χ1) is 12.5. The number of carbonyl (C=O) groups is 2. The second kappa shape index (κ2) is 7.54. The number of rotatable bonds is 3. The molecule has 2 aliphatic heterocycles. The Balaban J connectivity index is 0.00000210. The van der Waals surface area contributed by atoms with E-state index < -0.39 is 5.82 Å². The summed E-state index contributed by atoms with van der Waals surface area (Å²) in [6, 6.07) is 4.20. The topological polar surface area (TPSA) is 86.0 Å². The third kappa shape index (κ3) is 3.61. The third-order valence-electron chi connectivity index (χ3n) is 4.92. The Kier molecular flexibility index (Phi) is 5.34. The van der Waals surface area contributed by atoms with Gasteiger partial charge < -0.3 is 20.9 Å². The SMILES string of the molecule is Cc1c(NC(=O)C2CCNC2)c[nH]c1C=C1C(=O)Nc2ccc(F)cc21.Cl. The van der Waals surface area contributed by atoms with E-state index in [4.69, 9.17) is 0 Å². The lowest BCUT2D eigenvalue weighted by Crippen LogP contribution is -2.24. The summed E-state index contributed by atoms with van der Waals surface area (Å²) in [5.74, 6) is -0.710. The second-order valence-corrected chi connectivity index (χ2v) is 6.62. The molecule has 1 saturated heterocycles. The van der Waals surface area contributed by atoms with Gasteiger partial charge >= 0.3 is 0 Å². The zero-order valence-corrected chi connectivity index (χ0v) is 15.5. The van der Waals surface area contributed by atoms with Crippen LogP contribution in [-0.2, 0) is 9.59 Å². The van der Waals surface area contributed by atoms with Gasteiger partial charge in [0.05, 0.1) is 17.2 Å². The summed E-state index contributed by atoms with van der Waals surface area (Å²) < 4.78 is 13.5. The molecular weight excluding hydrogens is 371 g/mol. The summed E-state index contributed by atoms with van der Waals surface area (Å²) in [5.41, 5.74) is 3.73. The maximum absolute atomic E-state index is 13.5. The van der Waals surface area contributed by atoms with Crippen molar-refractivity contribution in [2.45, 2.75) is 13.3 Å². The number of fused-ring (bicyclic) bond motifs is 1. The van der Waals surface area contributed by atoms with Gasteiger partial charge in [-0.15, -0.1) is 12.4 Å². The lowest BCUT2D eigenvalue weighted by atomic mass is 10.0. The highest BCUT2D eigenvalue weighted by atomic mass is 35.5. The molecule has 1 fully saturated rings. The minimum Gasteiger partial charge on any atom is -0.360 e. The number of halogens is 2. The van der Waals surface area contributed by atoms with Crippen molar-refractivity contribution in [3.63, 3.8) is 0 Å². The number of carbonyl (C=O) groups excluding carboxylic acids is 2. The second-order valence-electron chi connectivity index (χ2n) is 6.62. The van der Waals surface area contributed by atoms with Crippen molar-refractivity contribution in [2.24, 2.45) is 5.92 Å². The van der Waals surface area contributed by atoms with Crippen LogP contribution in [0.25, 0.3) is 11.6 Å². The highest BCUT2D eigenvalue weighted by Crippen LogP contribution is 2.34. The first-order valence-electron chi connectivity index (χ1n) is 8.55. The van der Waals surface area contributed by atoms with Gasteiger partial charge in [0.2, 0.25) is 5.91 Å². The van der Waals surface area contributed by atoms with E-state index in [2.05, 4.69) is 20.9 Å². The Morgan fingerprint density at radius 1 is 1.37 bits per heavy atom. The van der Waals surface area contributed by atoms with Crippen LogP contribution in [0.5, 0.6) is 0 Å². The number of amides is 2. The van der Waals surface area contributed by atoms with E-state index in [-0.39, 0.29) is 30.1 Å². The molecule has 2 aromatic rings. The van der Waals surface area contributed by atoms with Gasteiger partial charge in [0, 0.05) is 29.7 Å². The van der Waals surface area contributed by atoms with Crippen LogP contribution >= 0.6 is 12.4 Å². The monoisotopic (exact) mass is 390 g/mol. The van der Waals surface area contributed by atoms with Crippen molar-refractivity contribution in [3.8, 4) is 0 Å². The van der Waals surface area contributed by atoms with Crippen LogP contribution in [-0.4, -0.2) is 29.9 Å². The van der Waals surface area contributed by atoms with Crippen LogP contribution in [0.4, 0.5) is 15.8 Å². The van der Waals surface area contributed by atoms with Crippen molar-refractivity contribution in [2.75, 3.05) is 23.7 Å². The molecule has 1 unspecified atom stereocenters. The minimum absolute atomic E-state index is 0. The smallest absolute Gasteiger partial charge is 0.256 e. The van der Waals surface area contributed by atoms with E-state index in [1.54, 1.807) is 18.3 Å². The molecule has 3 heterocycles. The van der Waals surface area contributed by atoms with Crippen LogP contribution in [0, 0.1) is 18.7 Å². The fraction of sp³-hybridized carbons (Fsp3) is 0.263. The molecule has 8 heteroatoms. The number of anilines is 2. The van der Waals surface area contributed by atoms with E-state index in [0.717, 1.165) is 18.5 Å². The molecule has 2 aliphatic rings. The number of hydrogen-bond acceptors (Lipinski definition) is 3. The predicted octanol–water partition coefficient (Wildman–Crippen LogP) is 2.92. The molecule has 0 spiro atoms. The fourth-order valence-corrected chi connectivity index (χ4v) is 3.35. The standard InChI is InChI=1S/C19H19FN4O2.ClH/c1-10-16(22-9-17(10)24-18(25)11-4-5-21-8-11)7-14-13-6-12(20)2-3-15(13)23-19(14)26;/h2-3,6-7,9,11,21-22H,4-5,8H2,1H3,(H,23,26)(H,24,25);1H. The predicted molar refractivity (Wildman–Crippen MR) is 105 cm³/mol. The quantitative estimate of drug-likeness (QED) is 0.608. The number of aromatic nitrogens is 1. The highest BCUT2D eigenvalue weighted by Gasteiger charge is 2.26. The Morgan fingerprint density at radius 2 is 2.19 bits per heavy atom. The molecule has 142 valence electrons. The summed E-state index contributed by atoms with van der Waals surface area (Å²) in [6.07, 6.45) is 4.22. The van der Waals surface area contributed by atoms with Crippen molar-refractivity contribution in [1.29, 1.82) is 0 Å². The van der Waals surface area contributed by atoms with E-state index >= 15 is 0 Å². The lowest BCUT2D eigenvalue weighted by Gasteiger charge is -2.09. The molecule has 1 atom stereocenters. The average molecular weight is 391 g/mol. The van der Waals surface area contributed by atoms with Gasteiger partial charge in [0.15, 0.2) is 0 Å². The number of nitrogens with one attached hydrogen (secondary N) is 4. The van der Waals surface area contributed by atoms with Gasteiger partial charge in [-0.1, -0.05) is 0 Å². The van der Waals surface area contributed by atoms with Crippen LogP contribution < -0.4 is 16.0 Å². The summed E-state index contributed by atoms with van der Waals surface area (Å²) in [7, 11) is 0. The van der Waals surface area contributed by atoms with Gasteiger partial charge in [0.25, 0.3) is 5.91 Å². The van der Waals surface area contributed by atoms with Crippen LogP contribution in [0.1, 0.15) is 23.2 Å². The number of benzene rings is 1. The first-order valence-corrected chi connectivity index (χ1v) is 8.55. The van der Waals surface area contributed by atoms with Crippen LogP contribution in [0.15, 0.2) is 24.4 Å². The molecule has 0 aliphatic carbocycles. The van der Waals surface area contributed by atoms with Crippen molar-refractivity contribution < 1.29 is 14.0 Å². The fourth-order valence-electron chi connectivity index (χ4n) is 3.35. The average Bonchev–Trinajstić information content (AvgIpc) is 3.32. The third-order valence-corrected chi connectivity index (χ3v) is 4.92. The maximum Gasteiger partial charge on any atom is 0.256 e. The van der Waals surface area contributed by atoms with Crippen LogP contribution in [0.2, 0.25) is 0 Å². The molecular formula is C19H20ClFN4O2. The Labute approximate surface area is 162 Å². The molecule has 27 heavy (non-hydrogen) atoms. The van der Waals surface area contributed by atoms with Gasteiger partial charge in [-0.05, 0) is 49.7 Å². The Hall–Kier alpha value is -2.64. The van der Waals surface area contributed by atoms with Gasteiger partial charge in [-0.2, -0.15) is 0 Å². The number of H-pyrrole nitrogens is 1. The molecule has 2 amide bonds. The Morgan fingerprint density at radius 3 is 2.93 bits per heavy atom. The number of aromatic amines is 1. The normalized spacial score (nSPS) is 19.6. The molecule has 4 rings (SSSR count). The van der Waals surface area contributed by atoms with Crippen LogP contribution in [0.3, 0.4) is 0 Å². The van der Waals surface area contributed by atoms with E-state index in [1.165, 1.54) is 12.1 Å². The van der Waals surface area contributed by atoms with Crippen molar-refractivity contribution >= 4 is 47.2 Å². The molecule has 4 N–H and O–H groups in total.